The molecule has 0 atom stereocenters. The van der Waals surface area contributed by atoms with Crippen molar-refractivity contribution in [2.75, 3.05) is 25.5 Å². The second-order valence-corrected chi connectivity index (χ2v) is 7.16. The SMILES string of the molecule is O=C(CSc1ccc2c(c1)OCCCO2)NCCc1cccc(Cl)c1. The number of nitrogens with one attached hydrogen (secondary N) is 1. The third kappa shape index (κ3) is 5.58. The molecule has 1 N–H and O–H groups in total. The minimum Gasteiger partial charge on any atom is -0.490 e. The molecule has 6 heteroatoms. The van der Waals surface area contributed by atoms with Gasteiger partial charge in [-0.3, -0.25) is 4.79 Å². The number of hydrogen-bond donors (Lipinski definition) is 1. The van der Waals surface area contributed by atoms with Gasteiger partial charge in [-0.2, -0.15) is 0 Å². The molecule has 1 aliphatic rings. The molecule has 0 saturated heterocycles. The minimum absolute atomic E-state index is 0.0131. The van der Waals surface area contributed by atoms with Crippen molar-refractivity contribution in [3.05, 3.63) is 53.1 Å². The molecule has 0 aromatic heterocycles. The average Bonchev–Trinajstić information content (AvgIpc) is 2.85. The molecule has 1 heterocycles. The molecule has 0 aliphatic carbocycles. The Morgan fingerprint density at radius 1 is 1.12 bits per heavy atom. The Balaban J connectivity index is 1.43. The molecule has 2 aromatic rings. The van der Waals surface area contributed by atoms with Crippen LogP contribution in [0.4, 0.5) is 0 Å². The summed E-state index contributed by atoms with van der Waals surface area (Å²) in [5.74, 6) is 1.91. The Morgan fingerprint density at radius 3 is 2.80 bits per heavy atom. The summed E-state index contributed by atoms with van der Waals surface area (Å²) in [6.45, 7) is 1.93. The third-order valence-corrected chi connectivity index (χ3v) is 4.94. The first-order chi connectivity index (χ1) is 12.2. The van der Waals surface area contributed by atoms with Gasteiger partial charge in [-0.05, 0) is 42.3 Å². The monoisotopic (exact) mass is 377 g/mol. The van der Waals surface area contributed by atoms with E-state index < -0.39 is 0 Å². The number of rotatable bonds is 6. The van der Waals surface area contributed by atoms with E-state index in [1.54, 1.807) is 0 Å². The van der Waals surface area contributed by atoms with Crippen LogP contribution >= 0.6 is 23.4 Å². The van der Waals surface area contributed by atoms with Crippen LogP contribution in [-0.2, 0) is 11.2 Å². The van der Waals surface area contributed by atoms with Gasteiger partial charge in [-0.15, -0.1) is 11.8 Å². The lowest BCUT2D eigenvalue weighted by molar-refractivity contribution is -0.118. The van der Waals surface area contributed by atoms with Crippen LogP contribution in [0.1, 0.15) is 12.0 Å². The third-order valence-electron chi connectivity index (χ3n) is 3.71. The molecule has 132 valence electrons. The maximum Gasteiger partial charge on any atom is 0.230 e. The molecule has 3 rings (SSSR count). The molecular formula is C19H20ClNO3S. The Hall–Kier alpha value is -1.85. The number of amides is 1. The Kier molecular flexibility index (Phi) is 6.48. The Bertz CT molecular complexity index is 738. The van der Waals surface area contributed by atoms with Gasteiger partial charge in [0.25, 0.3) is 0 Å². The minimum atomic E-state index is 0.0131. The number of carbonyl (C=O) groups excluding carboxylic acids is 1. The van der Waals surface area contributed by atoms with Crippen molar-refractivity contribution in [3.63, 3.8) is 0 Å². The van der Waals surface area contributed by atoms with Gasteiger partial charge in [0, 0.05) is 22.9 Å². The molecule has 4 nitrogen and oxygen atoms in total. The summed E-state index contributed by atoms with van der Waals surface area (Å²) in [7, 11) is 0. The topological polar surface area (TPSA) is 47.6 Å². The second kappa shape index (κ2) is 9.02. The van der Waals surface area contributed by atoms with Crippen molar-refractivity contribution >= 4 is 29.3 Å². The van der Waals surface area contributed by atoms with Crippen molar-refractivity contribution < 1.29 is 14.3 Å². The Morgan fingerprint density at radius 2 is 1.96 bits per heavy atom. The van der Waals surface area contributed by atoms with Crippen molar-refractivity contribution in [1.82, 2.24) is 5.32 Å². The van der Waals surface area contributed by atoms with Crippen LogP contribution in [0.5, 0.6) is 11.5 Å². The predicted molar refractivity (Wildman–Crippen MR) is 101 cm³/mol. The zero-order chi connectivity index (χ0) is 17.5. The van der Waals surface area contributed by atoms with Crippen LogP contribution < -0.4 is 14.8 Å². The van der Waals surface area contributed by atoms with Crippen molar-refractivity contribution in [1.29, 1.82) is 0 Å². The van der Waals surface area contributed by atoms with Gasteiger partial charge in [0.15, 0.2) is 11.5 Å². The molecule has 2 aromatic carbocycles. The average molecular weight is 378 g/mol. The fourth-order valence-corrected chi connectivity index (χ4v) is 3.44. The van der Waals surface area contributed by atoms with Gasteiger partial charge in [-0.25, -0.2) is 0 Å². The lowest BCUT2D eigenvalue weighted by Crippen LogP contribution is -2.27. The number of fused-ring (bicyclic) bond motifs is 1. The highest BCUT2D eigenvalue weighted by Gasteiger charge is 2.11. The molecule has 1 aliphatic heterocycles. The molecule has 0 fully saturated rings. The first-order valence-electron chi connectivity index (χ1n) is 8.24. The normalized spacial score (nSPS) is 13.2. The molecule has 0 unspecified atom stereocenters. The van der Waals surface area contributed by atoms with Crippen molar-refractivity contribution in [2.45, 2.75) is 17.7 Å². The summed E-state index contributed by atoms with van der Waals surface area (Å²) < 4.78 is 11.3. The Labute approximate surface area is 156 Å². The molecule has 0 radical (unpaired) electrons. The van der Waals surface area contributed by atoms with Gasteiger partial charge < -0.3 is 14.8 Å². The molecule has 25 heavy (non-hydrogen) atoms. The number of thioether (sulfide) groups is 1. The predicted octanol–water partition coefficient (Wildman–Crippen LogP) is 3.95. The maximum atomic E-state index is 12.0. The van der Waals surface area contributed by atoms with E-state index in [0.29, 0.717) is 30.5 Å². The first kappa shape index (κ1) is 18.0. The highest BCUT2D eigenvalue weighted by molar-refractivity contribution is 8.00. The standard InChI is InChI=1S/C19H20ClNO3S/c20-15-4-1-3-14(11-15)7-8-21-19(22)13-25-16-5-6-17-18(12-16)24-10-2-9-23-17/h1,3-6,11-12H,2,7-10,13H2,(H,21,22). The van der Waals surface area contributed by atoms with Crippen molar-refractivity contribution in [3.8, 4) is 11.5 Å². The fourth-order valence-electron chi connectivity index (χ4n) is 2.47. The summed E-state index contributed by atoms with van der Waals surface area (Å²) in [5, 5.41) is 3.65. The molecule has 1 amide bonds. The van der Waals surface area contributed by atoms with Crippen LogP contribution in [0.15, 0.2) is 47.4 Å². The van der Waals surface area contributed by atoms with E-state index in [2.05, 4.69) is 5.32 Å². The number of benzene rings is 2. The van der Waals surface area contributed by atoms with Gasteiger partial charge in [0.05, 0.1) is 19.0 Å². The van der Waals surface area contributed by atoms with E-state index in [4.69, 9.17) is 21.1 Å². The van der Waals surface area contributed by atoms with Crippen LogP contribution in [-0.4, -0.2) is 31.4 Å². The van der Waals surface area contributed by atoms with Gasteiger partial charge in [0.2, 0.25) is 5.91 Å². The largest absolute Gasteiger partial charge is 0.490 e. The summed E-state index contributed by atoms with van der Waals surface area (Å²) in [4.78, 5) is 13.0. The summed E-state index contributed by atoms with van der Waals surface area (Å²) in [6, 6.07) is 13.5. The molecule has 0 bridgehead atoms. The highest BCUT2D eigenvalue weighted by Crippen LogP contribution is 2.33. The quantitative estimate of drug-likeness (QED) is 0.774. The van der Waals surface area contributed by atoms with Gasteiger partial charge in [0.1, 0.15) is 0 Å². The van der Waals surface area contributed by atoms with Gasteiger partial charge in [-0.1, -0.05) is 23.7 Å². The summed E-state index contributed by atoms with van der Waals surface area (Å²) >= 11 is 7.44. The van der Waals surface area contributed by atoms with Crippen LogP contribution in [0, 0.1) is 0 Å². The van der Waals surface area contributed by atoms with Crippen LogP contribution in [0.3, 0.4) is 0 Å². The van der Waals surface area contributed by atoms with E-state index in [1.807, 2.05) is 42.5 Å². The maximum absolute atomic E-state index is 12.0. The zero-order valence-corrected chi connectivity index (χ0v) is 15.4. The van der Waals surface area contributed by atoms with E-state index >= 15 is 0 Å². The van der Waals surface area contributed by atoms with E-state index in [0.717, 1.165) is 34.8 Å². The first-order valence-corrected chi connectivity index (χ1v) is 9.61. The highest BCUT2D eigenvalue weighted by atomic mass is 35.5. The smallest absolute Gasteiger partial charge is 0.230 e. The van der Waals surface area contributed by atoms with Crippen LogP contribution in [0.25, 0.3) is 0 Å². The van der Waals surface area contributed by atoms with E-state index in [1.165, 1.54) is 11.8 Å². The molecular weight excluding hydrogens is 358 g/mol. The zero-order valence-electron chi connectivity index (χ0n) is 13.8. The van der Waals surface area contributed by atoms with Crippen molar-refractivity contribution in [2.24, 2.45) is 0 Å². The molecule has 0 spiro atoms. The number of halogens is 1. The van der Waals surface area contributed by atoms with E-state index in [-0.39, 0.29) is 5.91 Å². The summed E-state index contributed by atoms with van der Waals surface area (Å²) in [5.41, 5.74) is 1.11. The van der Waals surface area contributed by atoms with Gasteiger partial charge >= 0.3 is 0 Å². The number of carbonyl (C=O) groups is 1. The van der Waals surface area contributed by atoms with E-state index in [9.17, 15) is 4.79 Å². The lowest BCUT2D eigenvalue weighted by Gasteiger charge is -2.09. The van der Waals surface area contributed by atoms with Crippen LogP contribution in [0.2, 0.25) is 5.02 Å². The lowest BCUT2D eigenvalue weighted by atomic mass is 10.1. The number of hydrogen-bond acceptors (Lipinski definition) is 4. The second-order valence-electron chi connectivity index (χ2n) is 5.68. The number of ether oxygens (including phenoxy) is 2. The summed E-state index contributed by atoms with van der Waals surface area (Å²) in [6.07, 6.45) is 1.65. The fraction of sp³-hybridized carbons (Fsp3) is 0.316. The molecule has 0 saturated carbocycles.